The number of esters is 1. The first-order chi connectivity index (χ1) is 13.3. The topological polar surface area (TPSA) is 110 Å². The lowest BCUT2D eigenvalue weighted by molar-refractivity contribution is -0.144. The predicted octanol–water partition coefficient (Wildman–Crippen LogP) is 4.01. The maximum Gasteiger partial charge on any atom is 0.327 e. The fraction of sp³-hybridized carbons (Fsp3) is 0.900. The van der Waals surface area contributed by atoms with Crippen LogP contribution in [-0.2, 0) is 24.4 Å². The van der Waals surface area contributed by atoms with Crippen LogP contribution in [0.5, 0.6) is 0 Å². The van der Waals surface area contributed by atoms with Crippen LogP contribution in [0, 0.1) is 0 Å². The van der Waals surface area contributed by atoms with Gasteiger partial charge in [-0.25, -0.2) is 0 Å². The molecule has 0 aliphatic rings. The van der Waals surface area contributed by atoms with Gasteiger partial charge in [0.05, 0.1) is 13.0 Å². The van der Waals surface area contributed by atoms with Gasteiger partial charge in [0.1, 0.15) is 0 Å². The minimum absolute atomic E-state index is 0.0936. The second-order valence-corrected chi connectivity index (χ2v) is 8.86. The molecule has 1 amide bonds. The molecule has 0 heterocycles. The molecule has 0 fully saturated rings. The lowest BCUT2D eigenvalue weighted by atomic mass is 10.1. The van der Waals surface area contributed by atoms with Crippen LogP contribution in [-0.4, -0.2) is 43.2 Å². The quantitative estimate of drug-likeness (QED) is 0.196. The molecule has 0 aliphatic carbocycles. The van der Waals surface area contributed by atoms with Crippen LogP contribution in [0.4, 0.5) is 0 Å². The molecule has 1 atom stereocenters. The summed E-state index contributed by atoms with van der Waals surface area (Å²) >= 11 is 0. The van der Waals surface area contributed by atoms with Crippen molar-refractivity contribution >= 4 is 22.0 Å². The third-order valence-corrected chi connectivity index (χ3v) is 5.67. The van der Waals surface area contributed by atoms with Gasteiger partial charge in [0.25, 0.3) is 10.1 Å². The molecule has 2 N–H and O–H groups in total. The van der Waals surface area contributed by atoms with E-state index >= 15 is 0 Å². The summed E-state index contributed by atoms with van der Waals surface area (Å²) in [6, 6.07) is 0. The second-order valence-electron chi connectivity index (χ2n) is 7.26. The first-order valence-corrected chi connectivity index (χ1v) is 12.2. The van der Waals surface area contributed by atoms with E-state index < -0.39 is 33.7 Å². The summed E-state index contributed by atoms with van der Waals surface area (Å²) in [7, 11) is -4.69. The first kappa shape index (κ1) is 26.9. The van der Waals surface area contributed by atoms with Gasteiger partial charge in [-0.1, -0.05) is 78.1 Å². The molecule has 166 valence electrons. The van der Waals surface area contributed by atoms with E-state index in [0.29, 0.717) is 13.0 Å². The fourth-order valence-electron chi connectivity index (χ4n) is 2.83. The Hall–Kier alpha value is -1.15. The molecule has 0 aromatic carbocycles. The van der Waals surface area contributed by atoms with Crippen molar-refractivity contribution in [2.45, 2.75) is 103 Å². The van der Waals surface area contributed by atoms with Gasteiger partial charge in [0, 0.05) is 6.54 Å². The molecule has 0 saturated heterocycles. The monoisotopic (exact) mass is 421 g/mol. The molecule has 0 aromatic rings. The van der Waals surface area contributed by atoms with Crippen molar-refractivity contribution in [3.63, 3.8) is 0 Å². The van der Waals surface area contributed by atoms with Crippen molar-refractivity contribution < 1.29 is 27.3 Å². The van der Waals surface area contributed by atoms with E-state index in [1.165, 1.54) is 25.7 Å². The van der Waals surface area contributed by atoms with Crippen molar-refractivity contribution in [1.29, 1.82) is 0 Å². The molecule has 0 radical (unpaired) electrons. The summed E-state index contributed by atoms with van der Waals surface area (Å²) in [5.74, 6) is -1.64. The van der Waals surface area contributed by atoms with Crippen molar-refractivity contribution in [3.05, 3.63) is 0 Å². The zero-order valence-corrected chi connectivity index (χ0v) is 18.4. The number of carbonyl (C=O) groups excluding carboxylic acids is 2. The summed E-state index contributed by atoms with van der Waals surface area (Å²) < 4.78 is 37.2. The molecule has 1 unspecified atom stereocenters. The molecule has 0 spiro atoms. The highest BCUT2D eigenvalue weighted by Gasteiger charge is 2.34. The number of carbonyl (C=O) groups is 2. The minimum atomic E-state index is -4.69. The number of ether oxygens (including phenoxy) is 1. The van der Waals surface area contributed by atoms with E-state index in [1.54, 1.807) is 0 Å². The molecule has 0 aromatic heterocycles. The molecule has 0 saturated carbocycles. The van der Waals surface area contributed by atoms with Gasteiger partial charge in [-0.15, -0.1) is 0 Å². The molecular formula is C20H39NO6S. The number of hydrogen-bond acceptors (Lipinski definition) is 5. The zero-order chi connectivity index (χ0) is 21.3. The van der Waals surface area contributed by atoms with Crippen molar-refractivity contribution in [1.82, 2.24) is 5.32 Å². The molecule has 0 rings (SSSR count). The van der Waals surface area contributed by atoms with Crippen LogP contribution >= 0.6 is 0 Å². The van der Waals surface area contributed by atoms with E-state index in [-0.39, 0.29) is 6.61 Å². The molecule has 0 bridgehead atoms. The van der Waals surface area contributed by atoms with Crippen molar-refractivity contribution in [2.24, 2.45) is 0 Å². The smallest absolute Gasteiger partial charge is 0.327 e. The number of nitrogens with one attached hydrogen (secondary N) is 1. The minimum Gasteiger partial charge on any atom is -0.465 e. The largest absolute Gasteiger partial charge is 0.465 e. The number of unbranched alkanes of at least 4 members (excludes halogenated alkanes) is 10. The van der Waals surface area contributed by atoms with Crippen LogP contribution in [0.3, 0.4) is 0 Å². The Bertz CT molecular complexity index is 521. The zero-order valence-electron chi connectivity index (χ0n) is 17.6. The van der Waals surface area contributed by atoms with Gasteiger partial charge < -0.3 is 10.1 Å². The summed E-state index contributed by atoms with van der Waals surface area (Å²) in [5, 5.41) is 0.741. The maximum absolute atomic E-state index is 12.0. The highest BCUT2D eigenvalue weighted by molar-refractivity contribution is 7.87. The van der Waals surface area contributed by atoms with Crippen molar-refractivity contribution in [2.75, 3.05) is 13.2 Å². The van der Waals surface area contributed by atoms with E-state index in [9.17, 15) is 22.6 Å². The lowest BCUT2D eigenvalue weighted by Crippen LogP contribution is -2.38. The fourth-order valence-corrected chi connectivity index (χ4v) is 3.51. The normalized spacial score (nSPS) is 12.5. The standard InChI is InChI=1S/C20H39NO6S/c1-3-5-7-9-11-13-15-21-19(22)17-18(28(24,25)26)20(23)27-16-14-12-10-8-6-4-2/h18H,3-17H2,1-2H3,(H,21,22)(H,24,25,26). The summed E-state index contributed by atoms with van der Waals surface area (Å²) in [6.45, 7) is 4.79. The second kappa shape index (κ2) is 16.8. The van der Waals surface area contributed by atoms with Gasteiger partial charge in [0.2, 0.25) is 5.91 Å². The lowest BCUT2D eigenvalue weighted by Gasteiger charge is -2.13. The Morgan fingerprint density at radius 1 is 0.857 bits per heavy atom. The first-order valence-electron chi connectivity index (χ1n) is 10.7. The highest BCUT2D eigenvalue weighted by Crippen LogP contribution is 2.10. The average Bonchev–Trinajstić information content (AvgIpc) is 2.63. The molecular weight excluding hydrogens is 382 g/mol. The Morgan fingerprint density at radius 2 is 1.36 bits per heavy atom. The van der Waals surface area contributed by atoms with Gasteiger partial charge in [-0.05, 0) is 12.8 Å². The predicted molar refractivity (Wildman–Crippen MR) is 111 cm³/mol. The number of amides is 1. The van der Waals surface area contributed by atoms with E-state index in [1.807, 2.05) is 0 Å². The van der Waals surface area contributed by atoms with Gasteiger partial charge in [-0.3, -0.25) is 14.1 Å². The third-order valence-electron chi connectivity index (χ3n) is 4.59. The number of hydrogen-bond donors (Lipinski definition) is 2. The highest BCUT2D eigenvalue weighted by atomic mass is 32.2. The van der Waals surface area contributed by atoms with Gasteiger partial charge in [0.15, 0.2) is 5.25 Å². The van der Waals surface area contributed by atoms with Crippen LogP contribution in [0.15, 0.2) is 0 Å². The third kappa shape index (κ3) is 14.9. The average molecular weight is 422 g/mol. The Labute approximate surface area is 170 Å². The summed E-state index contributed by atoms with van der Waals surface area (Å²) in [4.78, 5) is 23.9. The van der Waals surface area contributed by atoms with E-state index in [4.69, 9.17) is 4.74 Å². The SMILES string of the molecule is CCCCCCCCNC(=O)CC(C(=O)OCCCCCCCC)S(=O)(=O)O. The molecule has 8 heteroatoms. The Morgan fingerprint density at radius 3 is 1.89 bits per heavy atom. The summed E-state index contributed by atoms with van der Waals surface area (Å²) in [5.41, 5.74) is 0. The molecule has 0 aliphatic heterocycles. The maximum atomic E-state index is 12.0. The van der Waals surface area contributed by atoms with Gasteiger partial charge >= 0.3 is 5.97 Å². The number of rotatable bonds is 18. The molecule has 28 heavy (non-hydrogen) atoms. The van der Waals surface area contributed by atoms with E-state index in [2.05, 4.69) is 19.2 Å². The van der Waals surface area contributed by atoms with Gasteiger partial charge in [-0.2, -0.15) is 8.42 Å². The van der Waals surface area contributed by atoms with E-state index in [0.717, 1.165) is 44.9 Å². The van der Waals surface area contributed by atoms with Crippen LogP contribution in [0.25, 0.3) is 0 Å². The summed E-state index contributed by atoms with van der Waals surface area (Å²) in [6.07, 6.45) is 11.8. The van der Waals surface area contributed by atoms with Crippen LogP contribution in [0.2, 0.25) is 0 Å². The Kier molecular flexibility index (Phi) is 16.1. The molecule has 7 nitrogen and oxygen atoms in total. The van der Waals surface area contributed by atoms with Crippen molar-refractivity contribution in [3.8, 4) is 0 Å². The van der Waals surface area contributed by atoms with Crippen LogP contribution < -0.4 is 5.32 Å². The Balaban J connectivity index is 4.15. The van der Waals surface area contributed by atoms with Crippen LogP contribution in [0.1, 0.15) is 97.3 Å².